The Morgan fingerprint density at radius 3 is 1.84 bits per heavy atom. The van der Waals surface area contributed by atoms with Gasteiger partial charge in [-0.05, 0) is 59.0 Å². The highest BCUT2D eigenvalue weighted by molar-refractivity contribution is 5.88. The SMILES string of the molecule is C[NH2+]c1cc(OC)c(OC)cc1/C=C(\C)c1cc(OC)c(OC)c(-c2ccc(-c3ccccc3)cc2)c1. The average molecular weight is 497 g/mol. The van der Waals surface area contributed by atoms with E-state index in [4.69, 9.17) is 18.9 Å². The monoisotopic (exact) mass is 496 g/mol. The number of ether oxygens (including phenoxy) is 4. The van der Waals surface area contributed by atoms with Crippen LogP contribution in [0.3, 0.4) is 0 Å². The maximum Gasteiger partial charge on any atom is 0.168 e. The topological polar surface area (TPSA) is 53.5 Å². The maximum atomic E-state index is 5.80. The zero-order valence-electron chi connectivity index (χ0n) is 22.3. The zero-order valence-corrected chi connectivity index (χ0v) is 22.3. The van der Waals surface area contributed by atoms with Gasteiger partial charge in [0.25, 0.3) is 0 Å². The summed E-state index contributed by atoms with van der Waals surface area (Å²) >= 11 is 0. The summed E-state index contributed by atoms with van der Waals surface area (Å²) in [6, 6.07) is 27.1. The predicted molar refractivity (Wildman–Crippen MR) is 151 cm³/mol. The van der Waals surface area contributed by atoms with Gasteiger partial charge in [-0.15, -0.1) is 0 Å². The predicted octanol–water partition coefficient (Wildman–Crippen LogP) is 6.44. The molecule has 0 radical (unpaired) electrons. The number of quaternary nitrogens is 1. The molecular formula is C32H34NO4+. The Labute approximate surface area is 219 Å². The molecule has 0 saturated heterocycles. The Kier molecular flexibility index (Phi) is 8.16. The molecule has 5 heteroatoms. The fraction of sp³-hybridized carbons (Fsp3) is 0.188. The Morgan fingerprint density at radius 1 is 0.649 bits per heavy atom. The Bertz CT molecular complexity index is 1390. The largest absolute Gasteiger partial charge is 0.493 e. The van der Waals surface area contributed by atoms with Crippen molar-refractivity contribution in [2.75, 3.05) is 35.5 Å². The van der Waals surface area contributed by atoms with Crippen LogP contribution in [0.2, 0.25) is 0 Å². The Morgan fingerprint density at radius 2 is 1.24 bits per heavy atom. The van der Waals surface area contributed by atoms with E-state index in [-0.39, 0.29) is 0 Å². The first kappa shape index (κ1) is 25.9. The van der Waals surface area contributed by atoms with E-state index in [1.807, 2.05) is 31.3 Å². The van der Waals surface area contributed by atoms with Gasteiger partial charge in [-0.3, -0.25) is 0 Å². The molecule has 0 fully saturated rings. The van der Waals surface area contributed by atoms with E-state index in [1.165, 1.54) is 11.1 Å². The van der Waals surface area contributed by atoms with E-state index in [9.17, 15) is 0 Å². The molecule has 37 heavy (non-hydrogen) atoms. The number of hydrogen-bond donors (Lipinski definition) is 1. The van der Waals surface area contributed by atoms with Crippen molar-refractivity contribution in [3.8, 4) is 45.3 Å². The molecule has 0 unspecified atom stereocenters. The summed E-state index contributed by atoms with van der Waals surface area (Å²) in [6.07, 6.45) is 2.15. The van der Waals surface area contributed by atoms with E-state index in [2.05, 4.69) is 72.9 Å². The van der Waals surface area contributed by atoms with E-state index in [0.717, 1.165) is 33.5 Å². The number of hydrogen-bond acceptors (Lipinski definition) is 4. The van der Waals surface area contributed by atoms with Crippen molar-refractivity contribution in [1.29, 1.82) is 0 Å². The van der Waals surface area contributed by atoms with Crippen LogP contribution in [0.4, 0.5) is 5.69 Å². The fourth-order valence-corrected chi connectivity index (χ4v) is 4.48. The molecule has 5 nitrogen and oxygen atoms in total. The Hall–Kier alpha value is -4.22. The number of methoxy groups -OCH3 is 4. The molecule has 190 valence electrons. The second-order valence-electron chi connectivity index (χ2n) is 8.65. The molecular weight excluding hydrogens is 462 g/mol. The molecule has 0 aromatic heterocycles. The lowest BCUT2D eigenvalue weighted by Gasteiger charge is -2.17. The van der Waals surface area contributed by atoms with Gasteiger partial charge in [-0.2, -0.15) is 0 Å². The number of benzene rings is 4. The Balaban J connectivity index is 1.80. The first-order valence-electron chi connectivity index (χ1n) is 12.2. The second-order valence-corrected chi connectivity index (χ2v) is 8.65. The maximum absolute atomic E-state index is 5.80. The highest BCUT2D eigenvalue weighted by Crippen LogP contribution is 2.42. The summed E-state index contributed by atoms with van der Waals surface area (Å²) < 4.78 is 22.6. The van der Waals surface area contributed by atoms with Crippen LogP contribution < -0.4 is 24.3 Å². The molecule has 0 heterocycles. The van der Waals surface area contributed by atoms with Crippen molar-refractivity contribution >= 4 is 17.3 Å². The van der Waals surface area contributed by atoms with Crippen molar-refractivity contribution < 1.29 is 24.3 Å². The second kappa shape index (κ2) is 11.7. The molecule has 4 aromatic carbocycles. The summed E-state index contributed by atoms with van der Waals surface area (Å²) in [7, 11) is 8.66. The van der Waals surface area contributed by atoms with E-state index in [0.29, 0.717) is 23.0 Å². The van der Waals surface area contributed by atoms with Gasteiger partial charge in [0.05, 0.1) is 35.5 Å². The van der Waals surface area contributed by atoms with Gasteiger partial charge >= 0.3 is 0 Å². The van der Waals surface area contributed by atoms with Crippen molar-refractivity contribution in [2.45, 2.75) is 6.92 Å². The van der Waals surface area contributed by atoms with Gasteiger partial charge in [0, 0.05) is 17.2 Å². The van der Waals surface area contributed by atoms with Crippen molar-refractivity contribution in [1.82, 2.24) is 0 Å². The minimum Gasteiger partial charge on any atom is -0.493 e. The molecule has 4 aromatic rings. The normalized spacial score (nSPS) is 11.2. The highest BCUT2D eigenvalue weighted by atomic mass is 16.5. The van der Waals surface area contributed by atoms with Crippen molar-refractivity contribution in [3.05, 3.63) is 90.0 Å². The molecule has 0 spiro atoms. The average Bonchev–Trinajstić information content (AvgIpc) is 2.96. The third-order valence-corrected chi connectivity index (χ3v) is 6.51. The highest BCUT2D eigenvalue weighted by Gasteiger charge is 2.17. The zero-order chi connectivity index (χ0) is 26.4. The van der Waals surface area contributed by atoms with Gasteiger partial charge in [0.1, 0.15) is 5.69 Å². The molecule has 0 bridgehead atoms. The fourth-order valence-electron chi connectivity index (χ4n) is 4.48. The molecule has 0 aliphatic rings. The summed E-state index contributed by atoms with van der Waals surface area (Å²) in [4.78, 5) is 0. The summed E-state index contributed by atoms with van der Waals surface area (Å²) in [5.74, 6) is 2.79. The quantitative estimate of drug-likeness (QED) is 0.214. The minimum atomic E-state index is 0.685. The van der Waals surface area contributed by atoms with Crippen LogP contribution in [0.5, 0.6) is 23.0 Å². The minimum absolute atomic E-state index is 0.685. The van der Waals surface area contributed by atoms with E-state index < -0.39 is 0 Å². The van der Waals surface area contributed by atoms with Gasteiger partial charge in [0.15, 0.2) is 23.0 Å². The van der Waals surface area contributed by atoms with Crippen LogP contribution in [-0.2, 0) is 0 Å². The van der Waals surface area contributed by atoms with Crippen LogP contribution >= 0.6 is 0 Å². The summed E-state index contributed by atoms with van der Waals surface area (Å²) in [6.45, 7) is 2.10. The molecule has 0 saturated carbocycles. The number of nitrogens with two attached hydrogens (primary N) is 1. The number of rotatable bonds is 9. The lowest BCUT2D eigenvalue weighted by atomic mass is 9.95. The molecule has 0 aliphatic heterocycles. The third-order valence-electron chi connectivity index (χ3n) is 6.51. The van der Waals surface area contributed by atoms with Crippen LogP contribution in [0.15, 0.2) is 78.9 Å². The van der Waals surface area contributed by atoms with Gasteiger partial charge in [-0.25, -0.2) is 0 Å². The standard InChI is InChI=1S/C32H33NO4/c1-21(16-26-19-29(34-3)30(35-4)20-28(26)33-2)25-17-27(32(37-6)31(18-25)36-5)24-14-12-23(13-15-24)22-10-8-7-9-11-22/h7-20,33H,1-6H3/p+1/b21-16+. The molecule has 0 aliphatic carbocycles. The van der Waals surface area contributed by atoms with Crippen LogP contribution in [0.25, 0.3) is 33.9 Å². The van der Waals surface area contributed by atoms with Crippen LogP contribution in [0, 0.1) is 0 Å². The van der Waals surface area contributed by atoms with Crippen molar-refractivity contribution in [3.63, 3.8) is 0 Å². The van der Waals surface area contributed by atoms with E-state index >= 15 is 0 Å². The first-order valence-corrected chi connectivity index (χ1v) is 12.2. The lowest BCUT2D eigenvalue weighted by Crippen LogP contribution is -2.73. The molecule has 0 amide bonds. The smallest absolute Gasteiger partial charge is 0.168 e. The van der Waals surface area contributed by atoms with Gasteiger partial charge < -0.3 is 24.3 Å². The summed E-state index contributed by atoms with van der Waals surface area (Å²) in [5.41, 5.74) is 8.60. The molecule has 2 N–H and O–H groups in total. The molecule has 0 atom stereocenters. The van der Waals surface area contributed by atoms with Gasteiger partial charge in [0.2, 0.25) is 0 Å². The number of allylic oxidation sites excluding steroid dienone is 1. The molecule has 4 rings (SSSR count). The van der Waals surface area contributed by atoms with E-state index in [1.54, 1.807) is 28.4 Å². The van der Waals surface area contributed by atoms with Crippen molar-refractivity contribution in [2.24, 2.45) is 0 Å². The van der Waals surface area contributed by atoms with Gasteiger partial charge in [-0.1, -0.05) is 54.6 Å². The first-order chi connectivity index (χ1) is 18.0. The van der Waals surface area contributed by atoms with Crippen LogP contribution in [0.1, 0.15) is 18.1 Å². The summed E-state index contributed by atoms with van der Waals surface area (Å²) in [5, 5.41) is 2.06. The van der Waals surface area contributed by atoms with Crippen LogP contribution in [-0.4, -0.2) is 35.5 Å². The third kappa shape index (κ3) is 5.47. The lowest BCUT2D eigenvalue weighted by molar-refractivity contribution is -0.539.